The van der Waals surface area contributed by atoms with E-state index in [2.05, 4.69) is 4.74 Å². The smallest absolute Gasteiger partial charge is 0.330 e. The van der Waals surface area contributed by atoms with Crippen LogP contribution in [-0.4, -0.2) is 12.6 Å². The SMILES string of the molecule is CCOC(=O)C=Cc1c(F)cccc1F. The average molecular weight is 212 g/mol. The van der Waals surface area contributed by atoms with Gasteiger partial charge in [-0.1, -0.05) is 6.07 Å². The zero-order chi connectivity index (χ0) is 11.3. The van der Waals surface area contributed by atoms with Crippen LogP contribution in [0.1, 0.15) is 12.5 Å². The summed E-state index contributed by atoms with van der Waals surface area (Å²) in [4.78, 5) is 10.9. The van der Waals surface area contributed by atoms with Gasteiger partial charge in [-0.25, -0.2) is 13.6 Å². The minimum absolute atomic E-state index is 0.225. The first-order valence-corrected chi connectivity index (χ1v) is 4.44. The summed E-state index contributed by atoms with van der Waals surface area (Å²) in [6.45, 7) is 1.87. The second-order valence-electron chi connectivity index (χ2n) is 2.72. The lowest BCUT2D eigenvalue weighted by molar-refractivity contribution is -0.137. The predicted molar refractivity (Wildman–Crippen MR) is 52.0 cm³/mol. The van der Waals surface area contributed by atoms with Crippen LogP contribution in [0.25, 0.3) is 6.08 Å². The van der Waals surface area contributed by atoms with Gasteiger partial charge in [0.15, 0.2) is 0 Å². The van der Waals surface area contributed by atoms with Gasteiger partial charge in [0.25, 0.3) is 0 Å². The molecule has 80 valence electrons. The van der Waals surface area contributed by atoms with E-state index in [1.807, 2.05) is 0 Å². The lowest BCUT2D eigenvalue weighted by Crippen LogP contribution is -1.99. The Hall–Kier alpha value is -1.71. The molecule has 1 aromatic carbocycles. The number of carbonyl (C=O) groups is 1. The summed E-state index contributed by atoms with van der Waals surface area (Å²) in [6.07, 6.45) is 2.05. The lowest BCUT2D eigenvalue weighted by atomic mass is 10.2. The van der Waals surface area contributed by atoms with Crippen LogP contribution < -0.4 is 0 Å². The fourth-order valence-corrected chi connectivity index (χ4v) is 1.01. The molecule has 0 atom stereocenters. The molecule has 1 aromatic rings. The van der Waals surface area contributed by atoms with E-state index in [0.717, 1.165) is 24.3 Å². The molecule has 0 spiro atoms. The van der Waals surface area contributed by atoms with Crippen molar-refractivity contribution < 1.29 is 18.3 Å². The van der Waals surface area contributed by atoms with Gasteiger partial charge >= 0.3 is 5.97 Å². The molecule has 0 saturated carbocycles. The number of carbonyl (C=O) groups excluding carboxylic acids is 1. The molecule has 0 heterocycles. The second-order valence-corrected chi connectivity index (χ2v) is 2.72. The Morgan fingerprint density at radius 1 is 1.40 bits per heavy atom. The van der Waals surface area contributed by atoms with Gasteiger partial charge in [0.1, 0.15) is 11.6 Å². The Morgan fingerprint density at radius 3 is 2.53 bits per heavy atom. The molecule has 0 N–H and O–H groups in total. The standard InChI is InChI=1S/C11H10F2O2/c1-2-15-11(14)7-6-8-9(12)4-3-5-10(8)13/h3-7H,2H2,1H3. The topological polar surface area (TPSA) is 26.3 Å². The molecule has 0 saturated heterocycles. The Labute approximate surface area is 86.2 Å². The van der Waals surface area contributed by atoms with Gasteiger partial charge in [0, 0.05) is 11.6 Å². The highest BCUT2D eigenvalue weighted by molar-refractivity contribution is 5.87. The largest absolute Gasteiger partial charge is 0.463 e. The summed E-state index contributed by atoms with van der Waals surface area (Å²) in [6, 6.07) is 3.49. The minimum Gasteiger partial charge on any atom is -0.463 e. The summed E-state index contributed by atoms with van der Waals surface area (Å²) in [5, 5.41) is 0. The zero-order valence-corrected chi connectivity index (χ0v) is 8.17. The third-order valence-corrected chi connectivity index (χ3v) is 1.67. The minimum atomic E-state index is -0.712. The van der Waals surface area contributed by atoms with Crippen molar-refractivity contribution in [2.24, 2.45) is 0 Å². The highest BCUT2D eigenvalue weighted by Gasteiger charge is 2.05. The number of rotatable bonds is 3. The van der Waals surface area contributed by atoms with E-state index in [1.165, 1.54) is 6.07 Å². The number of esters is 1. The summed E-state index contributed by atoms with van der Waals surface area (Å²) >= 11 is 0. The molecule has 0 aliphatic rings. The van der Waals surface area contributed by atoms with E-state index in [0.29, 0.717) is 0 Å². The normalized spacial score (nSPS) is 10.6. The van der Waals surface area contributed by atoms with Crippen LogP contribution in [0.5, 0.6) is 0 Å². The number of hydrogen-bond acceptors (Lipinski definition) is 2. The summed E-state index contributed by atoms with van der Waals surface area (Å²) < 4.78 is 30.7. The Morgan fingerprint density at radius 2 is 2.00 bits per heavy atom. The van der Waals surface area contributed by atoms with Crippen LogP contribution in [0.2, 0.25) is 0 Å². The summed E-state index contributed by atoms with van der Waals surface area (Å²) in [5.74, 6) is -2.05. The van der Waals surface area contributed by atoms with E-state index in [-0.39, 0.29) is 12.2 Å². The maximum atomic E-state index is 13.0. The second kappa shape index (κ2) is 5.24. The molecule has 0 bridgehead atoms. The van der Waals surface area contributed by atoms with Crippen molar-refractivity contribution in [1.82, 2.24) is 0 Å². The van der Waals surface area contributed by atoms with Gasteiger partial charge < -0.3 is 4.74 Å². The maximum Gasteiger partial charge on any atom is 0.330 e. The molecule has 0 aliphatic carbocycles. The fourth-order valence-electron chi connectivity index (χ4n) is 1.01. The number of hydrogen-bond donors (Lipinski definition) is 0. The summed E-state index contributed by atoms with van der Waals surface area (Å²) in [7, 11) is 0. The van der Waals surface area contributed by atoms with Crippen molar-refractivity contribution in [3.63, 3.8) is 0 Å². The molecule has 15 heavy (non-hydrogen) atoms. The Kier molecular flexibility index (Phi) is 3.97. The number of halogens is 2. The molecule has 0 aliphatic heterocycles. The highest BCUT2D eigenvalue weighted by Crippen LogP contribution is 2.13. The van der Waals surface area contributed by atoms with Gasteiger partial charge in [-0.05, 0) is 25.1 Å². The first-order valence-electron chi connectivity index (χ1n) is 4.44. The monoisotopic (exact) mass is 212 g/mol. The van der Waals surface area contributed by atoms with Gasteiger partial charge in [0.2, 0.25) is 0 Å². The van der Waals surface area contributed by atoms with Crippen LogP contribution in [0.3, 0.4) is 0 Å². The lowest BCUT2D eigenvalue weighted by Gasteiger charge is -1.98. The molecule has 1 rings (SSSR count). The van der Waals surface area contributed by atoms with Crippen molar-refractivity contribution in [2.75, 3.05) is 6.61 Å². The van der Waals surface area contributed by atoms with E-state index in [4.69, 9.17) is 0 Å². The molecule has 2 nitrogen and oxygen atoms in total. The first-order chi connectivity index (χ1) is 7.15. The number of benzene rings is 1. The van der Waals surface area contributed by atoms with E-state index >= 15 is 0 Å². The summed E-state index contributed by atoms with van der Waals surface area (Å²) in [5.41, 5.74) is -0.245. The van der Waals surface area contributed by atoms with Gasteiger partial charge in [0.05, 0.1) is 6.61 Å². The average Bonchev–Trinajstić information content (AvgIpc) is 2.17. The fraction of sp³-hybridized carbons (Fsp3) is 0.182. The molecular formula is C11H10F2O2. The van der Waals surface area contributed by atoms with Gasteiger partial charge in [-0.3, -0.25) is 0 Å². The molecule has 4 heteroatoms. The third kappa shape index (κ3) is 3.16. The molecular weight excluding hydrogens is 202 g/mol. The zero-order valence-electron chi connectivity index (χ0n) is 8.17. The van der Waals surface area contributed by atoms with Gasteiger partial charge in [-0.2, -0.15) is 0 Å². The van der Waals surface area contributed by atoms with Crippen molar-refractivity contribution >= 4 is 12.0 Å². The Bertz CT molecular complexity index is 366. The van der Waals surface area contributed by atoms with Crippen LogP contribution in [0.15, 0.2) is 24.3 Å². The van der Waals surface area contributed by atoms with Crippen LogP contribution in [0, 0.1) is 11.6 Å². The van der Waals surface area contributed by atoms with Gasteiger partial charge in [-0.15, -0.1) is 0 Å². The molecule has 0 unspecified atom stereocenters. The molecule has 0 fully saturated rings. The predicted octanol–water partition coefficient (Wildman–Crippen LogP) is 2.54. The van der Waals surface area contributed by atoms with Crippen LogP contribution in [0.4, 0.5) is 8.78 Å². The quantitative estimate of drug-likeness (QED) is 0.568. The first kappa shape index (κ1) is 11.4. The Balaban J connectivity index is 2.84. The van der Waals surface area contributed by atoms with Crippen molar-refractivity contribution in [3.8, 4) is 0 Å². The van der Waals surface area contributed by atoms with Crippen molar-refractivity contribution in [1.29, 1.82) is 0 Å². The van der Waals surface area contributed by atoms with E-state index in [1.54, 1.807) is 6.92 Å². The van der Waals surface area contributed by atoms with Crippen molar-refractivity contribution in [3.05, 3.63) is 41.5 Å². The molecule has 0 radical (unpaired) electrons. The maximum absolute atomic E-state index is 13.0. The molecule has 0 amide bonds. The van der Waals surface area contributed by atoms with Crippen LogP contribution >= 0.6 is 0 Å². The third-order valence-electron chi connectivity index (χ3n) is 1.67. The molecule has 0 aromatic heterocycles. The van der Waals surface area contributed by atoms with E-state index in [9.17, 15) is 13.6 Å². The highest BCUT2D eigenvalue weighted by atomic mass is 19.1. The van der Waals surface area contributed by atoms with E-state index < -0.39 is 17.6 Å². The number of ether oxygens (including phenoxy) is 1. The van der Waals surface area contributed by atoms with Crippen LogP contribution in [-0.2, 0) is 9.53 Å². The van der Waals surface area contributed by atoms with Crippen molar-refractivity contribution in [2.45, 2.75) is 6.92 Å².